The van der Waals surface area contributed by atoms with Gasteiger partial charge in [-0.15, -0.1) is 12.4 Å². The SMILES string of the molecule is CCCCCCOc1ccc(C(=O)Oc2ccc(C(=O)O)cc2)cc1.Cl. The predicted octanol–water partition coefficient (Wildman–Crippen LogP) is 4.98. The molecule has 0 spiro atoms. The lowest BCUT2D eigenvalue weighted by Crippen LogP contribution is -2.08. The highest BCUT2D eigenvalue weighted by atomic mass is 35.5. The molecule has 0 saturated carbocycles. The van der Waals surface area contributed by atoms with Crippen molar-refractivity contribution in [2.24, 2.45) is 0 Å². The van der Waals surface area contributed by atoms with Crippen LogP contribution in [0.2, 0.25) is 0 Å². The van der Waals surface area contributed by atoms with Gasteiger partial charge in [0.15, 0.2) is 0 Å². The molecule has 2 aromatic rings. The van der Waals surface area contributed by atoms with E-state index in [1.54, 1.807) is 24.3 Å². The summed E-state index contributed by atoms with van der Waals surface area (Å²) in [4.78, 5) is 22.9. The van der Waals surface area contributed by atoms with Crippen LogP contribution in [0.5, 0.6) is 11.5 Å². The zero-order chi connectivity index (χ0) is 18.1. The fourth-order valence-corrected chi connectivity index (χ4v) is 2.24. The monoisotopic (exact) mass is 378 g/mol. The van der Waals surface area contributed by atoms with Gasteiger partial charge in [-0.05, 0) is 55.0 Å². The summed E-state index contributed by atoms with van der Waals surface area (Å²) >= 11 is 0. The summed E-state index contributed by atoms with van der Waals surface area (Å²) in [5, 5.41) is 8.85. The van der Waals surface area contributed by atoms with Crippen molar-refractivity contribution in [3.8, 4) is 11.5 Å². The lowest BCUT2D eigenvalue weighted by atomic mass is 10.2. The first kappa shape index (κ1) is 21.5. The molecule has 0 unspecified atom stereocenters. The molecule has 0 aliphatic rings. The van der Waals surface area contributed by atoms with E-state index >= 15 is 0 Å². The minimum atomic E-state index is -1.02. The van der Waals surface area contributed by atoms with Crippen LogP contribution < -0.4 is 9.47 Å². The number of hydrogen-bond acceptors (Lipinski definition) is 4. The molecule has 0 aromatic heterocycles. The third kappa shape index (κ3) is 6.76. The Morgan fingerprint density at radius 3 is 2.00 bits per heavy atom. The summed E-state index contributed by atoms with van der Waals surface area (Å²) < 4.78 is 10.9. The molecule has 0 saturated heterocycles. The Balaban J connectivity index is 0.00000338. The fourth-order valence-electron chi connectivity index (χ4n) is 2.24. The highest BCUT2D eigenvalue weighted by Gasteiger charge is 2.10. The van der Waals surface area contributed by atoms with E-state index in [0.29, 0.717) is 17.9 Å². The van der Waals surface area contributed by atoms with Crippen LogP contribution in [0.15, 0.2) is 48.5 Å². The van der Waals surface area contributed by atoms with Crippen LogP contribution in [0.25, 0.3) is 0 Å². The number of carboxylic acids is 1. The second-order valence-corrected chi connectivity index (χ2v) is 5.65. The summed E-state index contributed by atoms with van der Waals surface area (Å²) in [6.07, 6.45) is 4.57. The van der Waals surface area contributed by atoms with E-state index in [4.69, 9.17) is 14.6 Å². The maximum Gasteiger partial charge on any atom is 0.343 e. The first-order chi connectivity index (χ1) is 12.1. The van der Waals surface area contributed by atoms with E-state index in [1.807, 2.05) is 0 Å². The van der Waals surface area contributed by atoms with Gasteiger partial charge in [-0.3, -0.25) is 0 Å². The van der Waals surface area contributed by atoms with Crippen molar-refractivity contribution in [1.82, 2.24) is 0 Å². The number of ether oxygens (including phenoxy) is 2. The zero-order valence-corrected chi connectivity index (χ0v) is 15.5. The molecular formula is C20H23ClO5. The third-order valence-electron chi connectivity index (χ3n) is 3.67. The first-order valence-electron chi connectivity index (χ1n) is 8.38. The number of carbonyl (C=O) groups excluding carboxylic acids is 1. The number of hydrogen-bond donors (Lipinski definition) is 1. The standard InChI is InChI=1S/C20H22O5.ClH/c1-2-3-4-5-14-24-17-10-8-16(9-11-17)20(23)25-18-12-6-15(7-13-18)19(21)22;/h6-13H,2-5,14H2,1H3,(H,21,22);1H. The summed E-state index contributed by atoms with van der Waals surface area (Å²) in [7, 11) is 0. The molecule has 2 aromatic carbocycles. The molecule has 0 aliphatic heterocycles. The summed E-state index contributed by atoms with van der Waals surface area (Å²) in [6, 6.07) is 12.5. The average molecular weight is 379 g/mol. The van der Waals surface area contributed by atoms with Gasteiger partial charge in [-0.25, -0.2) is 9.59 Å². The molecule has 140 valence electrons. The lowest BCUT2D eigenvalue weighted by molar-refractivity contribution is 0.0696. The second-order valence-electron chi connectivity index (χ2n) is 5.65. The van der Waals surface area contributed by atoms with Crippen LogP contribution >= 0.6 is 12.4 Å². The number of aromatic carboxylic acids is 1. The molecule has 0 radical (unpaired) electrons. The average Bonchev–Trinajstić information content (AvgIpc) is 2.62. The molecule has 6 heteroatoms. The smallest absolute Gasteiger partial charge is 0.343 e. The van der Waals surface area contributed by atoms with Gasteiger partial charge in [0.25, 0.3) is 0 Å². The molecule has 0 heterocycles. The minimum absolute atomic E-state index is 0. The topological polar surface area (TPSA) is 72.8 Å². The summed E-state index contributed by atoms with van der Waals surface area (Å²) in [5.74, 6) is -0.508. The van der Waals surface area contributed by atoms with Gasteiger partial charge < -0.3 is 14.6 Å². The maximum atomic E-state index is 12.1. The molecular weight excluding hydrogens is 356 g/mol. The van der Waals surface area contributed by atoms with Gasteiger partial charge in [0.1, 0.15) is 11.5 Å². The molecule has 5 nitrogen and oxygen atoms in total. The van der Waals surface area contributed by atoms with Gasteiger partial charge in [0.05, 0.1) is 17.7 Å². The molecule has 0 amide bonds. The Hall–Kier alpha value is -2.53. The number of carboxylic acid groups (broad SMARTS) is 1. The van der Waals surface area contributed by atoms with Gasteiger partial charge in [-0.2, -0.15) is 0 Å². The largest absolute Gasteiger partial charge is 0.494 e. The molecule has 26 heavy (non-hydrogen) atoms. The number of halogens is 1. The van der Waals surface area contributed by atoms with Crippen LogP contribution in [0.4, 0.5) is 0 Å². The van der Waals surface area contributed by atoms with Crippen molar-refractivity contribution in [2.75, 3.05) is 6.61 Å². The van der Waals surface area contributed by atoms with Crippen LogP contribution in [-0.2, 0) is 0 Å². The minimum Gasteiger partial charge on any atom is -0.494 e. The molecule has 1 N–H and O–H groups in total. The number of benzene rings is 2. The van der Waals surface area contributed by atoms with E-state index in [2.05, 4.69) is 6.92 Å². The quantitative estimate of drug-likeness (QED) is 0.378. The van der Waals surface area contributed by atoms with Crippen molar-refractivity contribution in [2.45, 2.75) is 32.6 Å². The van der Waals surface area contributed by atoms with Crippen molar-refractivity contribution in [1.29, 1.82) is 0 Å². The molecule has 0 bridgehead atoms. The Labute approximate surface area is 159 Å². The number of esters is 1. The Morgan fingerprint density at radius 1 is 0.846 bits per heavy atom. The summed E-state index contributed by atoms with van der Waals surface area (Å²) in [6.45, 7) is 2.83. The van der Waals surface area contributed by atoms with Crippen molar-refractivity contribution in [3.63, 3.8) is 0 Å². The zero-order valence-electron chi connectivity index (χ0n) is 14.6. The highest BCUT2D eigenvalue weighted by molar-refractivity contribution is 5.91. The first-order valence-corrected chi connectivity index (χ1v) is 8.38. The number of rotatable bonds is 9. The van der Waals surface area contributed by atoms with Crippen LogP contribution in [-0.4, -0.2) is 23.7 Å². The fraction of sp³-hybridized carbons (Fsp3) is 0.300. The van der Waals surface area contributed by atoms with E-state index in [0.717, 1.165) is 18.6 Å². The van der Waals surface area contributed by atoms with Gasteiger partial charge in [0, 0.05) is 0 Å². The molecule has 0 aliphatic carbocycles. The highest BCUT2D eigenvalue weighted by Crippen LogP contribution is 2.17. The van der Waals surface area contributed by atoms with E-state index in [1.165, 1.54) is 37.1 Å². The van der Waals surface area contributed by atoms with Gasteiger partial charge in [0.2, 0.25) is 0 Å². The second kappa shape index (κ2) is 11.2. The molecule has 0 fully saturated rings. The van der Waals surface area contributed by atoms with Crippen molar-refractivity contribution < 1.29 is 24.2 Å². The molecule has 2 rings (SSSR count). The molecule has 0 atom stereocenters. The maximum absolute atomic E-state index is 12.1. The van der Waals surface area contributed by atoms with Crippen LogP contribution in [0.3, 0.4) is 0 Å². The van der Waals surface area contributed by atoms with Crippen LogP contribution in [0.1, 0.15) is 53.3 Å². The van der Waals surface area contributed by atoms with Crippen LogP contribution in [0, 0.1) is 0 Å². The Bertz CT molecular complexity index is 695. The Morgan fingerprint density at radius 2 is 1.42 bits per heavy atom. The van der Waals surface area contributed by atoms with E-state index in [-0.39, 0.29) is 18.0 Å². The Kier molecular flexibility index (Phi) is 9.23. The number of carbonyl (C=O) groups is 2. The van der Waals surface area contributed by atoms with Gasteiger partial charge in [-0.1, -0.05) is 26.2 Å². The normalized spacial score (nSPS) is 9.88. The van der Waals surface area contributed by atoms with E-state index < -0.39 is 11.9 Å². The van der Waals surface area contributed by atoms with Crippen molar-refractivity contribution >= 4 is 24.3 Å². The van der Waals surface area contributed by atoms with Crippen molar-refractivity contribution in [3.05, 3.63) is 59.7 Å². The van der Waals surface area contributed by atoms with Gasteiger partial charge >= 0.3 is 11.9 Å². The number of unbranched alkanes of at least 4 members (excludes halogenated alkanes) is 3. The summed E-state index contributed by atoms with van der Waals surface area (Å²) in [5.41, 5.74) is 0.542. The van der Waals surface area contributed by atoms with E-state index in [9.17, 15) is 9.59 Å². The predicted molar refractivity (Wildman–Crippen MR) is 102 cm³/mol. The lowest BCUT2D eigenvalue weighted by Gasteiger charge is -2.07. The third-order valence-corrected chi connectivity index (χ3v) is 3.67.